The third kappa shape index (κ3) is 3.09. The van der Waals surface area contributed by atoms with Crippen LogP contribution in [0.1, 0.15) is 42.8 Å². The highest BCUT2D eigenvalue weighted by Gasteiger charge is 2.70. The zero-order valence-corrected chi connectivity index (χ0v) is 19.4. The van der Waals surface area contributed by atoms with E-state index in [0.29, 0.717) is 17.4 Å². The molecule has 33 heavy (non-hydrogen) atoms. The van der Waals surface area contributed by atoms with E-state index in [0.717, 1.165) is 54.4 Å². The molecule has 0 radical (unpaired) electrons. The van der Waals surface area contributed by atoms with E-state index in [1.54, 1.807) is 0 Å². The Hall–Kier alpha value is -2.93. The Labute approximate surface area is 194 Å². The molecule has 3 aliphatic carbocycles. The number of hydrogen-bond donors (Lipinski definition) is 2. The van der Waals surface area contributed by atoms with Crippen LogP contribution in [-0.2, 0) is 13.0 Å². The molecular weight excluding hydrogens is 410 g/mol. The highest BCUT2D eigenvalue weighted by atomic mass is 15.2. The van der Waals surface area contributed by atoms with Gasteiger partial charge in [0.25, 0.3) is 0 Å². The number of aromatic nitrogens is 4. The lowest BCUT2D eigenvalue weighted by atomic mass is 9.69. The summed E-state index contributed by atoms with van der Waals surface area (Å²) in [4.78, 5) is 16.6. The zero-order chi connectivity index (χ0) is 22.2. The van der Waals surface area contributed by atoms with Crippen molar-refractivity contribution in [2.45, 2.75) is 51.6 Å². The van der Waals surface area contributed by atoms with Crippen LogP contribution in [0.3, 0.4) is 0 Å². The average molecular weight is 442 g/mol. The lowest BCUT2D eigenvalue weighted by Crippen LogP contribution is -2.38. The van der Waals surface area contributed by atoms with Crippen LogP contribution < -0.4 is 10.6 Å². The maximum atomic E-state index is 5.01. The van der Waals surface area contributed by atoms with E-state index < -0.39 is 0 Å². The van der Waals surface area contributed by atoms with Gasteiger partial charge in [0, 0.05) is 54.9 Å². The van der Waals surface area contributed by atoms with Crippen LogP contribution >= 0.6 is 0 Å². The van der Waals surface area contributed by atoms with Crippen molar-refractivity contribution < 1.29 is 0 Å². The standard InChI is InChI=1S/C26H31N7/c1-16-27-10-12-33(16)19-5-3-18(4-6-19)28-25-30-22-8-11-32(2)15-20(22)24(31-25)29-23-13-17-14-26(17)9-7-21(23)26/h3-6,10,12,17,21,23H,7-9,11,13-15H2,1-2H3,(H2,28,29,30,31)/t17?,21?,23-,26?/m1/s1. The smallest absolute Gasteiger partial charge is 0.229 e. The number of likely N-dealkylation sites (N-methyl/N-ethyl adjacent to an activating group) is 1. The van der Waals surface area contributed by atoms with Crippen molar-refractivity contribution in [1.29, 1.82) is 0 Å². The highest BCUT2D eigenvalue weighted by Crippen LogP contribution is 2.76. The average Bonchev–Trinajstić information content (AvgIpc) is 3.32. The molecule has 1 aliphatic heterocycles. The molecule has 1 aromatic carbocycles. The van der Waals surface area contributed by atoms with Gasteiger partial charge in [0.2, 0.25) is 5.95 Å². The molecule has 1 spiro atoms. The topological polar surface area (TPSA) is 70.9 Å². The van der Waals surface area contributed by atoms with E-state index in [-0.39, 0.29) is 0 Å². The van der Waals surface area contributed by atoms with E-state index >= 15 is 0 Å². The predicted octanol–water partition coefficient (Wildman–Crippen LogP) is 4.30. The maximum absolute atomic E-state index is 5.01. The Bertz CT molecular complexity index is 1210. The second kappa shape index (κ2) is 7.03. The number of benzene rings is 1. The van der Waals surface area contributed by atoms with Crippen LogP contribution in [0.25, 0.3) is 5.69 Å². The van der Waals surface area contributed by atoms with Crippen molar-refractivity contribution in [3.8, 4) is 5.69 Å². The van der Waals surface area contributed by atoms with Crippen molar-refractivity contribution in [2.24, 2.45) is 17.3 Å². The fraction of sp³-hybridized carbons (Fsp3) is 0.500. The third-order valence-corrected chi connectivity index (χ3v) is 8.76. The molecule has 0 bridgehead atoms. The summed E-state index contributed by atoms with van der Waals surface area (Å²) in [7, 11) is 2.19. The van der Waals surface area contributed by atoms with E-state index in [9.17, 15) is 0 Å². The molecule has 7 nitrogen and oxygen atoms in total. The van der Waals surface area contributed by atoms with Crippen molar-refractivity contribution in [3.05, 3.63) is 53.7 Å². The quantitative estimate of drug-likeness (QED) is 0.615. The van der Waals surface area contributed by atoms with E-state index in [1.165, 1.54) is 36.9 Å². The first-order valence-electron chi connectivity index (χ1n) is 12.3. The molecule has 3 heterocycles. The molecule has 3 aromatic rings. The largest absolute Gasteiger partial charge is 0.367 e. The fourth-order valence-corrected chi connectivity index (χ4v) is 6.78. The normalized spacial score (nSPS) is 29.6. The number of hydrogen-bond acceptors (Lipinski definition) is 6. The zero-order valence-electron chi connectivity index (χ0n) is 19.4. The monoisotopic (exact) mass is 441 g/mol. The highest BCUT2D eigenvalue weighted by molar-refractivity contribution is 5.60. The second-order valence-corrected chi connectivity index (χ2v) is 10.6. The van der Waals surface area contributed by atoms with Gasteiger partial charge in [-0.3, -0.25) is 0 Å². The first-order valence-corrected chi connectivity index (χ1v) is 12.3. The molecule has 4 aliphatic rings. The van der Waals surface area contributed by atoms with Crippen LogP contribution in [0.2, 0.25) is 0 Å². The Morgan fingerprint density at radius 2 is 2.03 bits per heavy atom. The number of nitrogens with zero attached hydrogens (tertiary/aromatic N) is 5. The summed E-state index contributed by atoms with van der Waals surface area (Å²) in [5, 5.41) is 7.38. The fourth-order valence-electron chi connectivity index (χ4n) is 6.78. The number of anilines is 3. The molecule has 170 valence electrons. The van der Waals surface area contributed by atoms with Crippen LogP contribution in [0, 0.1) is 24.2 Å². The molecule has 2 N–H and O–H groups in total. The summed E-state index contributed by atoms with van der Waals surface area (Å²) in [5.41, 5.74) is 5.27. The molecule has 3 saturated carbocycles. The minimum absolute atomic E-state index is 0.578. The number of rotatable bonds is 5. The van der Waals surface area contributed by atoms with Gasteiger partial charge in [0.1, 0.15) is 11.6 Å². The van der Waals surface area contributed by atoms with Crippen LogP contribution in [-0.4, -0.2) is 44.1 Å². The molecule has 3 fully saturated rings. The third-order valence-electron chi connectivity index (χ3n) is 8.76. The van der Waals surface area contributed by atoms with E-state index in [4.69, 9.17) is 9.97 Å². The number of fused-ring (bicyclic) bond motifs is 1. The first-order chi connectivity index (χ1) is 16.1. The molecule has 3 unspecified atom stereocenters. The SMILES string of the molecule is Cc1nccn1-c1ccc(Nc2nc3c(c(N[C@@H]4CC5CC56CCC46)n2)CN(C)CC3)cc1. The summed E-state index contributed by atoms with van der Waals surface area (Å²) in [6.07, 6.45) is 10.4. The van der Waals surface area contributed by atoms with Crippen molar-refractivity contribution in [3.63, 3.8) is 0 Å². The summed E-state index contributed by atoms with van der Waals surface area (Å²) in [5.74, 6) is 4.54. The number of aryl methyl sites for hydroxylation is 1. The maximum Gasteiger partial charge on any atom is 0.229 e. The molecule has 7 heteroatoms. The van der Waals surface area contributed by atoms with Crippen molar-refractivity contribution in [1.82, 2.24) is 24.4 Å². The van der Waals surface area contributed by atoms with Crippen LogP contribution in [0.15, 0.2) is 36.7 Å². The molecule has 2 aromatic heterocycles. The Morgan fingerprint density at radius 3 is 2.76 bits per heavy atom. The minimum atomic E-state index is 0.578. The van der Waals surface area contributed by atoms with E-state index in [1.807, 2.05) is 19.3 Å². The summed E-state index contributed by atoms with van der Waals surface area (Å²) in [6.45, 7) is 3.97. The molecule has 4 atom stereocenters. The lowest BCUT2D eigenvalue weighted by molar-refractivity contribution is 0.154. The van der Waals surface area contributed by atoms with Crippen LogP contribution in [0.4, 0.5) is 17.5 Å². The van der Waals surface area contributed by atoms with Crippen LogP contribution in [0.5, 0.6) is 0 Å². The number of nitrogens with one attached hydrogen (secondary N) is 2. The van der Waals surface area contributed by atoms with Gasteiger partial charge >= 0.3 is 0 Å². The molecule has 0 saturated heterocycles. The van der Waals surface area contributed by atoms with Gasteiger partial charge in [-0.25, -0.2) is 9.97 Å². The lowest BCUT2D eigenvalue weighted by Gasteiger charge is -2.39. The summed E-state index contributed by atoms with van der Waals surface area (Å²) < 4.78 is 2.08. The van der Waals surface area contributed by atoms with Gasteiger partial charge in [-0.05, 0) is 81.2 Å². The minimum Gasteiger partial charge on any atom is -0.367 e. The van der Waals surface area contributed by atoms with Gasteiger partial charge in [-0.2, -0.15) is 4.98 Å². The Morgan fingerprint density at radius 1 is 1.15 bits per heavy atom. The van der Waals surface area contributed by atoms with Gasteiger partial charge in [-0.15, -0.1) is 0 Å². The predicted molar refractivity (Wildman–Crippen MR) is 129 cm³/mol. The van der Waals surface area contributed by atoms with E-state index in [2.05, 4.69) is 56.4 Å². The Kier molecular flexibility index (Phi) is 4.16. The molecule has 7 rings (SSSR count). The summed E-state index contributed by atoms with van der Waals surface area (Å²) >= 11 is 0. The second-order valence-electron chi connectivity index (χ2n) is 10.6. The van der Waals surface area contributed by atoms with Gasteiger partial charge < -0.3 is 20.1 Å². The molecule has 0 amide bonds. The first kappa shape index (κ1) is 19.5. The molecular formula is C26H31N7. The van der Waals surface area contributed by atoms with Gasteiger partial charge in [0.15, 0.2) is 0 Å². The van der Waals surface area contributed by atoms with Crippen molar-refractivity contribution >= 4 is 17.5 Å². The van der Waals surface area contributed by atoms with Gasteiger partial charge in [-0.1, -0.05) is 0 Å². The van der Waals surface area contributed by atoms with Crippen molar-refractivity contribution in [2.75, 3.05) is 24.2 Å². The summed E-state index contributed by atoms with van der Waals surface area (Å²) in [6, 6.07) is 8.95. The number of imidazole rings is 1. The van der Waals surface area contributed by atoms with Gasteiger partial charge in [0.05, 0.1) is 5.69 Å². The Balaban J connectivity index is 1.16.